The lowest BCUT2D eigenvalue weighted by molar-refractivity contribution is -0.123. The zero-order chi connectivity index (χ0) is 20.1. The first-order valence-corrected chi connectivity index (χ1v) is 10.3. The van der Waals surface area contributed by atoms with Crippen molar-refractivity contribution in [2.75, 3.05) is 44.6 Å². The van der Waals surface area contributed by atoms with E-state index >= 15 is 0 Å². The van der Waals surface area contributed by atoms with E-state index in [1.807, 2.05) is 36.4 Å². The van der Waals surface area contributed by atoms with Crippen molar-refractivity contribution in [3.63, 3.8) is 0 Å². The summed E-state index contributed by atoms with van der Waals surface area (Å²) in [6.07, 6.45) is 3.92. The number of nitrogens with one attached hydrogen (secondary N) is 2. The number of carbonyl (C=O) groups excluding carboxylic acids is 2. The SMILES string of the molecule is O=C(CN1CCN(CC(=O)NC2CC2)CC1)Nc1ccnn1Cc1ccccc1. The van der Waals surface area contributed by atoms with Gasteiger partial charge < -0.3 is 10.6 Å². The van der Waals surface area contributed by atoms with Crippen molar-refractivity contribution in [3.8, 4) is 0 Å². The molecule has 2 fully saturated rings. The van der Waals surface area contributed by atoms with E-state index in [1.165, 1.54) is 0 Å². The second kappa shape index (κ2) is 9.19. The molecule has 0 radical (unpaired) electrons. The van der Waals surface area contributed by atoms with Crippen LogP contribution in [-0.2, 0) is 16.1 Å². The fourth-order valence-electron chi connectivity index (χ4n) is 3.52. The molecule has 1 aliphatic heterocycles. The molecule has 1 aromatic carbocycles. The molecule has 8 nitrogen and oxygen atoms in total. The van der Waals surface area contributed by atoms with Gasteiger partial charge in [-0.05, 0) is 18.4 Å². The van der Waals surface area contributed by atoms with Crippen molar-refractivity contribution >= 4 is 17.6 Å². The maximum absolute atomic E-state index is 12.5. The van der Waals surface area contributed by atoms with Crippen LogP contribution < -0.4 is 10.6 Å². The topological polar surface area (TPSA) is 82.5 Å². The lowest BCUT2D eigenvalue weighted by atomic mass is 10.2. The Morgan fingerprint density at radius 3 is 2.24 bits per heavy atom. The Hall–Kier alpha value is -2.71. The monoisotopic (exact) mass is 396 g/mol. The van der Waals surface area contributed by atoms with Crippen molar-refractivity contribution in [1.82, 2.24) is 24.9 Å². The third-order valence-corrected chi connectivity index (χ3v) is 5.30. The van der Waals surface area contributed by atoms with Crippen LogP contribution in [0.4, 0.5) is 5.82 Å². The highest BCUT2D eigenvalue weighted by Gasteiger charge is 2.25. The Morgan fingerprint density at radius 1 is 0.931 bits per heavy atom. The molecule has 1 aliphatic carbocycles. The van der Waals surface area contributed by atoms with Gasteiger partial charge in [0.25, 0.3) is 0 Å². The summed E-state index contributed by atoms with van der Waals surface area (Å²) >= 11 is 0. The quantitative estimate of drug-likeness (QED) is 0.689. The van der Waals surface area contributed by atoms with E-state index in [2.05, 4.69) is 25.5 Å². The van der Waals surface area contributed by atoms with Crippen LogP contribution >= 0.6 is 0 Å². The molecule has 154 valence electrons. The largest absolute Gasteiger partial charge is 0.352 e. The van der Waals surface area contributed by atoms with Crippen molar-refractivity contribution in [1.29, 1.82) is 0 Å². The minimum absolute atomic E-state index is 0.0419. The molecule has 2 aliphatic rings. The van der Waals surface area contributed by atoms with Gasteiger partial charge in [-0.1, -0.05) is 30.3 Å². The first kappa shape index (κ1) is 19.6. The van der Waals surface area contributed by atoms with Crippen LogP contribution in [0.15, 0.2) is 42.6 Å². The van der Waals surface area contributed by atoms with E-state index < -0.39 is 0 Å². The van der Waals surface area contributed by atoms with E-state index in [0.29, 0.717) is 31.5 Å². The molecule has 29 heavy (non-hydrogen) atoms. The number of hydrogen-bond donors (Lipinski definition) is 2. The predicted molar refractivity (Wildman–Crippen MR) is 110 cm³/mol. The number of benzene rings is 1. The Kier molecular flexibility index (Phi) is 6.21. The molecule has 2 heterocycles. The first-order valence-electron chi connectivity index (χ1n) is 10.3. The van der Waals surface area contributed by atoms with Gasteiger partial charge in [0, 0.05) is 38.3 Å². The van der Waals surface area contributed by atoms with E-state index in [4.69, 9.17) is 0 Å². The summed E-state index contributed by atoms with van der Waals surface area (Å²) in [6, 6.07) is 12.3. The van der Waals surface area contributed by atoms with E-state index in [0.717, 1.165) is 44.6 Å². The molecule has 1 saturated heterocycles. The number of nitrogens with zero attached hydrogens (tertiary/aromatic N) is 4. The predicted octanol–water partition coefficient (Wildman–Crippen LogP) is 0.766. The van der Waals surface area contributed by atoms with Crippen LogP contribution in [0.5, 0.6) is 0 Å². The van der Waals surface area contributed by atoms with E-state index in [-0.39, 0.29) is 11.8 Å². The third-order valence-electron chi connectivity index (χ3n) is 5.30. The number of hydrogen-bond acceptors (Lipinski definition) is 5. The maximum atomic E-state index is 12.5. The molecule has 1 saturated carbocycles. The molecule has 2 N–H and O–H groups in total. The summed E-state index contributed by atoms with van der Waals surface area (Å²) in [5, 5.41) is 10.3. The fraction of sp³-hybridized carbons (Fsp3) is 0.476. The second-order valence-electron chi connectivity index (χ2n) is 7.80. The Labute approximate surface area is 170 Å². The highest BCUT2D eigenvalue weighted by molar-refractivity contribution is 5.91. The van der Waals surface area contributed by atoms with Gasteiger partial charge in [0.15, 0.2) is 0 Å². The number of carbonyl (C=O) groups is 2. The van der Waals surface area contributed by atoms with Gasteiger partial charge in [-0.25, -0.2) is 4.68 Å². The Balaban J connectivity index is 1.21. The highest BCUT2D eigenvalue weighted by atomic mass is 16.2. The lowest BCUT2D eigenvalue weighted by Crippen LogP contribution is -2.51. The van der Waals surface area contributed by atoms with Crippen molar-refractivity contribution in [3.05, 3.63) is 48.2 Å². The average molecular weight is 396 g/mol. The standard InChI is InChI=1S/C21H28N6O2/c28-20(23-18-6-7-18)15-25-10-12-26(13-11-25)16-21(29)24-19-8-9-22-27(19)14-17-4-2-1-3-5-17/h1-5,8-9,18H,6-7,10-16H2,(H,23,28)(H,24,29). The summed E-state index contributed by atoms with van der Waals surface area (Å²) in [6.45, 7) is 4.59. The first-order chi connectivity index (χ1) is 14.2. The van der Waals surface area contributed by atoms with Crippen molar-refractivity contribution in [2.24, 2.45) is 0 Å². The number of piperazine rings is 1. The third kappa shape index (κ3) is 5.88. The average Bonchev–Trinajstić information content (AvgIpc) is 3.43. The summed E-state index contributed by atoms with van der Waals surface area (Å²) in [5.41, 5.74) is 1.13. The summed E-state index contributed by atoms with van der Waals surface area (Å²) < 4.78 is 1.80. The molecule has 2 aromatic rings. The van der Waals surface area contributed by atoms with Gasteiger partial charge in [-0.2, -0.15) is 5.10 Å². The molecule has 1 aromatic heterocycles. The lowest BCUT2D eigenvalue weighted by Gasteiger charge is -2.33. The number of anilines is 1. The highest BCUT2D eigenvalue weighted by Crippen LogP contribution is 2.18. The molecular weight excluding hydrogens is 368 g/mol. The minimum atomic E-state index is -0.0419. The molecule has 0 atom stereocenters. The van der Waals surface area contributed by atoms with Gasteiger partial charge in [-0.15, -0.1) is 0 Å². The number of aromatic nitrogens is 2. The van der Waals surface area contributed by atoms with Crippen LogP contribution in [0.1, 0.15) is 18.4 Å². The maximum Gasteiger partial charge on any atom is 0.239 e. The van der Waals surface area contributed by atoms with Gasteiger partial charge in [0.2, 0.25) is 11.8 Å². The van der Waals surface area contributed by atoms with Gasteiger partial charge in [0.05, 0.1) is 25.8 Å². The zero-order valence-electron chi connectivity index (χ0n) is 16.6. The number of rotatable bonds is 8. The molecular formula is C21H28N6O2. The molecule has 8 heteroatoms. The van der Waals surface area contributed by atoms with Gasteiger partial charge >= 0.3 is 0 Å². The summed E-state index contributed by atoms with van der Waals surface area (Å²) in [5.74, 6) is 0.777. The van der Waals surface area contributed by atoms with E-state index in [9.17, 15) is 9.59 Å². The molecule has 4 rings (SSSR count). The van der Waals surface area contributed by atoms with Crippen LogP contribution in [0.25, 0.3) is 0 Å². The van der Waals surface area contributed by atoms with Gasteiger partial charge in [0.1, 0.15) is 5.82 Å². The number of amides is 2. The van der Waals surface area contributed by atoms with Crippen molar-refractivity contribution in [2.45, 2.75) is 25.4 Å². The summed E-state index contributed by atoms with van der Waals surface area (Å²) in [7, 11) is 0. The molecule has 0 spiro atoms. The fourth-order valence-corrected chi connectivity index (χ4v) is 3.52. The van der Waals surface area contributed by atoms with Crippen LogP contribution in [-0.4, -0.2) is 76.7 Å². The second-order valence-corrected chi connectivity index (χ2v) is 7.80. The van der Waals surface area contributed by atoms with Crippen LogP contribution in [0.2, 0.25) is 0 Å². The molecule has 0 bridgehead atoms. The van der Waals surface area contributed by atoms with Crippen LogP contribution in [0, 0.1) is 0 Å². The normalized spacial score (nSPS) is 17.8. The minimum Gasteiger partial charge on any atom is -0.352 e. The molecule has 0 unspecified atom stereocenters. The van der Waals surface area contributed by atoms with Crippen molar-refractivity contribution < 1.29 is 9.59 Å². The van der Waals surface area contributed by atoms with Crippen LogP contribution in [0.3, 0.4) is 0 Å². The Bertz CT molecular complexity index is 825. The Morgan fingerprint density at radius 2 is 1.59 bits per heavy atom. The van der Waals surface area contributed by atoms with E-state index in [1.54, 1.807) is 10.9 Å². The summed E-state index contributed by atoms with van der Waals surface area (Å²) in [4.78, 5) is 28.7. The van der Waals surface area contributed by atoms with Gasteiger partial charge in [-0.3, -0.25) is 19.4 Å². The molecule has 2 amide bonds. The smallest absolute Gasteiger partial charge is 0.239 e. The zero-order valence-corrected chi connectivity index (χ0v) is 16.6.